The largest absolute Gasteiger partial charge is 0.493 e. The average Bonchev–Trinajstić information content (AvgIpc) is 3.14. The molecule has 1 N–H and O–H groups in total. The van der Waals surface area contributed by atoms with Crippen LogP contribution < -0.4 is 14.8 Å². The summed E-state index contributed by atoms with van der Waals surface area (Å²) in [7, 11) is 1.58. The molecule has 1 aromatic carbocycles. The van der Waals surface area contributed by atoms with Gasteiger partial charge in [0.2, 0.25) is 5.91 Å². The number of hydrogen-bond donors (Lipinski definition) is 1. The number of ether oxygens (including phenoxy) is 3. The molecule has 1 amide bonds. The Kier molecular flexibility index (Phi) is 9.27. The molecule has 36 heavy (non-hydrogen) atoms. The van der Waals surface area contributed by atoms with E-state index in [4.69, 9.17) is 14.2 Å². The third kappa shape index (κ3) is 6.33. The normalized spacial score (nSPS) is 10.9. The molecule has 0 aliphatic rings. The number of esters is 1. The molecular formula is C28H33N3O5. The van der Waals surface area contributed by atoms with Gasteiger partial charge in [-0.2, -0.15) is 0 Å². The Labute approximate surface area is 211 Å². The minimum Gasteiger partial charge on any atom is -0.493 e. The van der Waals surface area contributed by atoms with E-state index < -0.39 is 0 Å². The van der Waals surface area contributed by atoms with Crippen LogP contribution in [0.25, 0.3) is 6.08 Å². The molecule has 0 aliphatic heterocycles. The summed E-state index contributed by atoms with van der Waals surface area (Å²) in [5.74, 6) is 0.534. The zero-order valence-corrected chi connectivity index (χ0v) is 21.5. The number of carbonyl (C=O) groups is 2. The van der Waals surface area contributed by atoms with Gasteiger partial charge in [-0.25, -0.2) is 4.79 Å². The van der Waals surface area contributed by atoms with Crippen LogP contribution in [-0.2, 0) is 29.2 Å². The van der Waals surface area contributed by atoms with Crippen LogP contribution in [0, 0.1) is 13.8 Å². The van der Waals surface area contributed by atoms with Crippen molar-refractivity contribution in [3.63, 3.8) is 0 Å². The van der Waals surface area contributed by atoms with Crippen molar-refractivity contribution >= 4 is 18.0 Å². The molecule has 0 saturated carbocycles. The Hall–Kier alpha value is -4.07. The fourth-order valence-electron chi connectivity index (χ4n) is 4.04. The molecule has 2 heterocycles. The first kappa shape index (κ1) is 26.5. The lowest BCUT2D eigenvalue weighted by molar-refractivity contribution is -0.116. The van der Waals surface area contributed by atoms with Crippen LogP contribution in [0.4, 0.5) is 0 Å². The van der Waals surface area contributed by atoms with E-state index in [0.29, 0.717) is 42.3 Å². The molecule has 0 spiro atoms. The molecule has 190 valence electrons. The summed E-state index contributed by atoms with van der Waals surface area (Å²) in [6.45, 7) is 9.31. The van der Waals surface area contributed by atoms with Gasteiger partial charge in [0.25, 0.3) is 0 Å². The quantitative estimate of drug-likeness (QED) is 0.311. The number of methoxy groups -OCH3 is 1. The topological polar surface area (TPSA) is 91.7 Å². The number of amides is 1. The molecular weight excluding hydrogens is 458 g/mol. The highest BCUT2D eigenvalue weighted by atomic mass is 16.5. The van der Waals surface area contributed by atoms with Crippen LogP contribution in [0.1, 0.15) is 52.3 Å². The molecule has 0 unspecified atom stereocenters. The fourth-order valence-corrected chi connectivity index (χ4v) is 4.04. The lowest BCUT2D eigenvalue weighted by Gasteiger charge is -2.12. The van der Waals surface area contributed by atoms with E-state index in [9.17, 15) is 9.59 Å². The maximum absolute atomic E-state index is 12.6. The first-order valence-electron chi connectivity index (χ1n) is 11.9. The molecule has 0 bridgehead atoms. The van der Waals surface area contributed by atoms with E-state index in [1.54, 1.807) is 32.5 Å². The van der Waals surface area contributed by atoms with Crippen molar-refractivity contribution in [1.29, 1.82) is 0 Å². The summed E-state index contributed by atoms with van der Waals surface area (Å²) in [6.07, 6.45) is 6.55. The highest BCUT2D eigenvalue weighted by molar-refractivity contribution is 5.98. The van der Waals surface area contributed by atoms with Gasteiger partial charge < -0.3 is 24.1 Å². The molecule has 0 radical (unpaired) electrons. The number of benzene rings is 1. The Balaban J connectivity index is 1.67. The average molecular weight is 492 g/mol. The van der Waals surface area contributed by atoms with Gasteiger partial charge in [0, 0.05) is 48.5 Å². The summed E-state index contributed by atoms with van der Waals surface area (Å²) < 4.78 is 18.6. The summed E-state index contributed by atoms with van der Waals surface area (Å²) >= 11 is 0. The van der Waals surface area contributed by atoms with Gasteiger partial charge in [-0.05, 0) is 69.2 Å². The predicted molar refractivity (Wildman–Crippen MR) is 138 cm³/mol. The third-order valence-electron chi connectivity index (χ3n) is 5.87. The first-order valence-corrected chi connectivity index (χ1v) is 11.9. The van der Waals surface area contributed by atoms with Crippen molar-refractivity contribution in [3.05, 3.63) is 82.4 Å². The Bertz CT molecular complexity index is 1230. The second-order valence-corrected chi connectivity index (χ2v) is 8.10. The van der Waals surface area contributed by atoms with Crippen molar-refractivity contribution in [2.24, 2.45) is 0 Å². The molecule has 0 fully saturated rings. The molecule has 0 atom stereocenters. The standard InChI is InChI=1S/C28H33N3O5/c1-6-31-19(3)23(27(20(31)4)28(33)35-7-2)9-11-26(32)30-17-22-8-10-24(25(16-22)34-5)36-18-21-12-14-29-15-13-21/h8-16H,6-7,17-18H2,1-5H3,(H,30,32). The monoisotopic (exact) mass is 491 g/mol. The molecule has 0 aliphatic carbocycles. The molecule has 3 aromatic rings. The Morgan fingerprint density at radius 2 is 1.78 bits per heavy atom. The van der Waals surface area contributed by atoms with Crippen LogP contribution in [0.3, 0.4) is 0 Å². The third-order valence-corrected chi connectivity index (χ3v) is 5.87. The zero-order chi connectivity index (χ0) is 26.1. The van der Waals surface area contributed by atoms with E-state index >= 15 is 0 Å². The van der Waals surface area contributed by atoms with E-state index in [-0.39, 0.29) is 18.5 Å². The molecule has 8 heteroatoms. The fraction of sp³-hybridized carbons (Fsp3) is 0.321. The lowest BCUT2D eigenvalue weighted by atomic mass is 10.1. The molecule has 2 aromatic heterocycles. The number of hydrogen-bond acceptors (Lipinski definition) is 6. The van der Waals surface area contributed by atoms with Crippen LogP contribution >= 0.6 is 0 Å². The van der Waals surface area contributed by atoms with Crippen molar-refractivity contribution in [2.75, 3.05) is 13.7 Å². The Morgan fingerprint density at radius 1 is 1.03 bits per heavy atom. The lowest BCUT2D eigenvalue weighted by Crippen LogP contribution is -2.20. The maximum Gasteiger partial charge on any atom is 0.340 e. The second kappa shape index (κ2) is 12.6. The highest BCUT2D eigenvalue weighted by Crippen LogP contribution is 2.29. The number of aromatic nitrogens is 2. The summed E-state index contributed by atoms with van der Waals surface area (Å²) in [4.78, 5) is 29.1. The Morgan fingerprint density at radius 3 is 2.44 bits per heavy atom. The SMILES string of the molecule is CCOC(=O)c1c(C=CC(=O)NCc2ccc(OCc3ccncc3)c(OC)c2)c(C)n(CC)c1C. The first-order chi connectivity index (χ1) is 17.4. The molecule has 8 nitrogen and oxygen atoms in total. The van der Waals surface area contributed by atoms with Gasteiger partial charge >= 0.3 is 5.97 Å². The van der Waals surface area contributed by atoms with Crippen LogP contribution in [0.2, 0.25) is 0 Å². The smallest absolute Gasteiger partial charge is 0.340 e. The van der Waals surface area contributed by atoms with Gasteiger partial charge in [-0.15, -0.1) is 0 Å². The van der Waals surface area contributed by atoms with Gasteiger partial charge in [0.1, 0.15) is 6.61 Å². The van der Waals surface area contributed by atoms with Gasteiger partial charge in [-0.3, -0.25) is 9.78 Å². The van der Waals surface area contributed by atoms with Crippen molar-refractivity contribution < 1.29 is 23.8 Å². The molecule has 0 saturated heterocycles. The molecule has 3 rings (SSSR count). The maximum atomic E-state index is 12.6. The zero-order valence-electron chi connectivity index (χ0n) is 21.5. The van der Waals surface area contributed by atoms with E-state index in [1.807, 2.05) is 55.7 Å². The summed E-state index contributed by atoms with van der Waals surface area (Å²) in [5, 5.41) is 2.87. The number of nitrogens with one attached hydrogen (secondary N) is 1. The number of carbonyl (C=O) groups excluding carboxylic acids is 2. The summed E-state index contributed by atoms with van der Waals surface area (Å²) in [6, 6.07) is 9.31. The minimum atomic E-state index is -0.385. The highest BCUT2D eigenvalue weighted by Gasteiger charge is 2.22. The van der Waals surface area contributed by atoms with Crippen molar-refractivity contribution in [3.8, 4) is 11.5 Å². The van der Waals surface area contributed by atoms with Gasteiger partial charge in [-0.1, -0.05) is 6.07 Å². The van der Waals surface area contributed by atoms with E-state index in [1.165, 1.54) is 6.08 Å². The van der Waals surface area contributed by atoms with Crippen molar-refractivity contribution in [1.82, 2.24) is 14.9 Å². The number of pyridine rings is 1. The van der Waals surface area contributed by atoms with Crippen LogP contribution in [-0.4, -0.2) is 35.1 Å². The van der Waals surface area contributed by atoms with E-state index in [0.717, 1.165) is 22.5 Å². The van der Waals surface area contributed by atoms with Gasteiger partial charge in [0.05, 0.1) is 19.3 Å². The van der Waals surface area contributed by atoms with E-state index in [2.05, 4.69) is 10.3 Å². The predicted octanol–water partition coefficient (Wildman–Crippen LogP) is 4.61. The number of rotatable bonds is 11. The van der Waals surface area contributed by atoms with Crippen LogP contribution in [0.15, 0.2) is 48.8 Å². The van der Waals surface area contributed by atoms with Crippen LogP contribution in [0.5, 0.6) is 11.5 Å². The van der Waals surface area contributed by atoms with Crippen molar-refractivity contribution in [2.45, 2.75) is 47.4 Å². The van der Waals surface area contributed by atoms with Gasteiger partial charge in [0.15, 0.2) is 11.5 Å². The summed E-state index contributed by atoms with van der Waals surface area (Å²) in [5.41, 5.74) is 4.79. The minimum absolute atomic E-state index is 0.275. The second-order valence-electron chi connectivity index (χ2n) is 8.10. The number of nitrogens with zero attached hydrogens (tertiary/aromatic N) is 2.